The lowest BCUT2D eigenvalue weighted by molar-refractivity contribution is -0.0563. The highest BCUT2D eigenvalue weighted by atomic mass is 35.5. The van der Waals surface area contributed by atoms with Gasteiger partial charge in [-0.3, -0.25) is 0 Å². The molecule has 0 aliphatic carbocycles. The Morgan fingerprint density at radius 1 is 1.14 bits per heavy atom. The van der Waals surface area contributed by atoms with Gasteiger partial charge in [0.1, 0.15) is 0 Å². The summed E-state index contributed by atoms with van der Waals surface area (Å²) in [5.74, 6) is -0.128. The SMILES string of the molecule is COC(=NC(=O)Nc1ccc(SC(F)(F)C(F)F)cc1)c1c(Cl)cccc1Cl. The second kappa shape index (κ2) is 9.49. The number of anilines is 1. The van der Waals surface area contributed by atoms with Gasteiger partial charge in [0.2, 0.25) is 5.90 Å². The third-order valence-electron chi connectivity index (χ3n) is 3.19. The van der Waals surface area contributed by atoms with Crippen LogP contribution in [0.2, 0.25) is 10.0 Å². The molecule has 0 saturated heterocycles. The van der Waals surface area contributed by atoms with Crippen molar-refractivity contribution in [2.24, 2.45) is 4.99 Å². The molecule has 0 aliphatic heterocycles. The molecule has 2 aromatic carbocycles. The molecule has 0 spiro atoms. The van der Waals surface area contributed by atoms with E-state index in [4.69, 9.17) is 27.9 Å². The normalized spacial score (nSPS) is 12.2. The van der Waals surface area contributed by atoms with Crippen molar-refractivity contribution < 1.29 is 27.1 Å². The molecule has 1 N–H and O–H groups in total. The number of hydrogen-bond donors (Lipinski definition) is 1. The smallest absolute Gasteiger partial charge is 0.357 e. The third-order valence-corrected chi connectivity index (χ3v) is 4.77. The van der Waals surface area contributed by atoms with Crippen LogP contribution in [0.4, 0.5) is 28.0 Å². The van der Waals surface area contributed by atoms with Crippen molar-refractivity contribution in [1.29, 1.82) is 0 Å². The molecule has 0 heterocycles. The fourth-order valence-corrected chi connectivity index (χ4v) is 3.19. The summed E-state index contributed by atoms with van der Waals surface area (Å²) in [5.41, 5.74) is 0.434. The number of nitrogens with one attached hydrogen (secondary N) is 1. The Bertz CT molecular complexity index is 860. The average Bonchev–Trinajstić information content (AvgIpc) is 2.62. The van der Waals surface area contributed by atoms with Crippen LogP contribution in [0.25, 0.3) is 0 Å². The van der Waals surface area contributed by atoms with E-state index in [1.165, 1.54) is 31.4 Å². The molecule has 0 aliphatic rings. The van der Waals surface area contributed by atoms with Gasteiger partial charge in [-0.25, -0.2) is 13.6 Å². The Labute approximate surface area is 171 Å². The molecule has 150 valence electrons. The molecule has 0 atom stereocenters. The Morgan fingerprint density at radius 3 is 2.21 bits per heavy atom. The van der Waals surface area contributed by atoms with Crippen LogP contribution in [0.3, 0.4) is 0 Å². The van der Waals surface area contributed by atoms with Crippen molar-refractivity contribution >= 4 is 52.6 Å². The van der Waals surface area contributed by atoms with Gasteiger partial charge in [-0.15, -0.1) is 0 Å². The summed E-state index contributed by atoms with van der Waals surface area (Å²) in [7, 11) is 1.28. The van der Waals surface area contributed by atoms with E-state index in [1.54, 1.807) is 18.2 Å². The predicted octanol–water partition coefficient (Wildman–Crippen LogP) is 6.57. The molecule has 0 radical (unpaired) electrons. The number of alkyl halides is 4. The largest absolute Gasteiger partial charge is 0.480 e. The summed E-state index contributed by atoms with van der Waals surface area (Å²) >= 11 is 11.8. The summed E-state index contributed by atoms with van der Waals surface area (Å²) in [6.07, 6.45) is -3.80. The Hall–Kier alpha value is -1.97. The number of aliphatic imine (C=N–C) groups is 1. The Balaban J connectivity index is 2.13. The maximum atomic E-state index is 13.0. The topological polar surface area (TPSA) is 50.7 Å². The first kappa shape index (κ1) is 22.3. The first-order chi connectivity index (χ1) is 13.1. The molecular formula is C17H12Cl2F4N2O2S. The number of benzene rings is 2. The molecule has 11 heteroatoms. The van der Waals surface area contributed by atoms with Crippen molar-refractivity contribution in [3.63, 3.8) is 0 Å². The van der Waals surface area contributed by atoms with E-state index in [0.717, 1.165) is 0 Å². The molecule has 2 aromatic rings. The zero-order valence-electron chi connectivity index (χ0n) is 14.1. The minimum absolute atomic E-state index is 0.0905. The number of nitrogens with zero attached hydrogens (tertiary/aromatic N) is 1. The lowest BCUT2D eigenvalue weighted by Crippen LogP contribution is -2.21. The second-order valence-corrected chi connectivity index (χ2v) is 7.17. The molecule has 28 heavy (non-hydrogen) atoms. The maximum Gasteiger partial charge on any atom is 0.357 e. The van der Waals surface area contributed by atoms with Crippen molar-refractivity contribution in [3.05, 3.63) is 58.1 Å². The van der Waals surface area contributed by atoms with Crippen LogP contribution >= 0.6 is 35.0 Å². The van der Waals surface area contributed by atoms with Gasteiger partial charge >= 0.3 is 17.7 Å². The van der Waals surface area contributed by atoms with Gasteiger partial charge in [0, 0.05) is 10.6 Å². The van der Waals surface area contributed by atoms with Crippen LogP contribution in [-0.2, 0) is 4.74 Å². The molecular weight excluding hydrogens is 443 g/mol. The number of carbonyl (C=O) groups is 1. The molecule has 4 nitrogen and oxygen atoms in total. The summed E-state index contributed by atoms with van der Waals surface area (Å²) in [6.45, 7) is 0. The number of halogens is 6. The van der Waals surface area contributed by atoms with Crippen molar-refractivity contribution in [2.45, 2.75) is 16.6 Å². The number of carbonyl (C=O) groups excluding carboxylic acids is 1. The van der Waals surface area contributed by atoms with Gasteiger partial charge in [-0.1, -0.05) is 29.3 Å². The molecule has 2 rings (SSSR count). The molecule has 0 fully saturated rings. The quantitative estimate of drug-likeness (QED) is 0.240. The fourth-order valence-electron chi connectivity index (χ4n) is 1.96. The maximum absolute atomic E-state index is 13.0. The van der Waals surface area contributed by atoms with Gasteiger partial charge in [-0.05, 0) is 48.2 Å². The Morgan fingerprint density at radius 2 is 1.71 bits per heavy atom. The minimum atomic E-state index is -4.21. The van der Waals surface area contributed by atoms with E-state index < -0.39 is 17.7 Å². The highest BCUT2D eigenvalue weighted by Crippen LogP contribution is 2.40. The third kappa shape index (κ3) is 5.76. The van der Waals surface area contributed by atoms with Crippen LogP contribution < -0.4 is 5.32 Å². The van der Waals surface area contributed by atoms with E-state index in [9.17, 15) is 22.4 Å². The van der Waals surface area contributed by atoms with Crippen LogP contribution in [0.1, 0.15) is 5.56 Å². The number of rotatable bonds is 5. The number of hydrogen-bond acceptors (Lipinski definition) is 3. The van der Waals surface area contributed by atoms with Gasteiger partial charge < -0.3 is 10.1 Å². The van der Waals surface area contributed by atoms with Crippen LogP contribution in [-0.4, -0.2) is 30.7 Å². The molecule has 0 unspecified atom stereocenters. The number of thioether (sulfide) groups is 1. The van der Waals surface area contributed by atoms with Gasteiger partial charge in [0.25, 0.3) is 0 Å². The Kier molecular flexibility index (Phi) is 7.56. The molecule has 2 amide bonds. The summed E-state index contributed by atoms with van der Waals surface area (Å²) in [4.78, 5) is 15.7. The molecule has 0 aromatic heterocycles. The monoisotopic (exact) mass is 454 g/mol. The average molecular weight is 455 g/mol. The number of amides is 2. The van der Waals surface area contributed by atoms with Crippen molar-refractivity contribution in [1.82, 2.24) is 0 Å². The summed E-state index contributed by atoms with van der Waals surface area (Å²) in [5, 5.41) is -1.37. The second-order valence-electron chi connectivity index (χ2n) is 5.14. The molecule has 0 saturated carbocycles. The van der Waals surface area contributed by atoms with E-state index in [1.807, 2.05) is 0 Å². The van der Waals surface area contributed by atoms with E-state index in [0.29, 0.717) is 0 Å². The van der Waals surface area contributed by atoms with Crippen molar-refractivity contribution in [2.75, 3.05) is 12.4 Å². The highest BCUT2D eigenvalue weighted by molar-refractivity contribution is 8.00. The number of urea groups is 1. The van der Waals surface area contributed by atoms with Crippen molar-refractivity contribution in [3.8, 4) is 0 Å². The van der Waals surface area contributed by atoms with Gasteiger partial charge in [0.15, 0.2) is 0 Å². The van der Waals surface area contributed by atoms with Gasteiger partial charge in [0.05, 0.1) is 22.7 Å². The number of methoxy groups -OCH3 is 1. The zero-order valence-corrected chi connectivity index (χ0v) is 16.4. The number of ether oxygens (including phenoxy) is 1. The summed E-state index contributed by atoms with van der Waals surface area (Å²) < 4.78 is 55.6. The van der Waals surface area contributed by atoms with Crippen LogP contribution in [0.15, 0.2) is 52.4 Å². The fraction of sp³-hybridized carbons (Fsp3) is 0.176. The summed E-state index contributed by atoms with van der Waals surface area (Å²) in [6, 6.07) is 8.73. The first-order valence-corrected chi connectivity index (χ1v) is 9.04. The lowest BCUT2D eigenvalue weighted by atomic mass is 10.2. The molecule has 0 bridgehead atoms. The lowest BCUT2D eigenvalue weighted by Gasteiger charge is -2.14. The zero-order chi connectivity index (χ0) is 20.9. The van der Waals surface area contributed by atoms with Gasteiger partial charge in [-0.2, -0.15) is 13.8 Å². The van der Waals surface area contributed by atoms with E-state index in [-0.39, 0.29) is 43.9 Å². The van der Waals surface area contributed by atoms with Crippen LogP contribution in [0.5, 0.6) is 0 Å². The highest BCUT2D eigenvalue weighted by Gasteiger charge is 2.41. The van der Waals surface area contributed by atoms with E-state index >= 15 is 0 Å². The standard InChI is InChI=1S/C17H12Cl2F4N2O2S/c1-27-14(13-11(18)3-2-4-12(13)19)25-16(26)24-9-5-7-10(8-6-9)28-17(22,23)15(20)21/h2-8,15H,1H3,(H,24,26). The minimum Gasteiger partial charge on any atom is -0.480 e. The van der Waals surface area contributed by atoms with E-state index in [2.05, 4.69) is 10.3 Å². The van der Waals surface area contributed by atoms with Crippen LogP contribution in [0, 0.1) is 0 Å². The predicted molar refractivity (Wildman–Crippen MR) is 102 cm³/mol. The first-order valence-electron chi connectivity index (χ1n) is 7.47.